The Bertz CT molecular complexity index is 240. The fraction of sp³-hybridized carbons (Fsp3) is 0.500. The van der Waals surface area contributed by atoms with E-state index in [1.54, 1.807) is 0 Å². The molecule has 2 rings (SSSR count). The monoisotopic (exact) mass is 177 g/mol. The van der Waals surface area contributed by atoms with Crippen molar-refractivity contribution in [3.8, 4) is 0 Å². The highest BCUT2D eigenvalue weighted by Crippen LogP contribution is 2.10. The maximum Gasteiger partial charge on any atom is 0.142 e. The van der Waals surface area contributed by atoms with Crippen molar-refractivity contribution < 1.29 is 0 Å². The summed E-state index contributed by atoms with van der Waals surface area (Å²) in [5.74, 6) is 1.03. The van der Waals surface area contributed by atoms with Gasteiger partial charge in [-0.05, 0) is 25.0 Å². The van der Waals surface area contributed by atoms with Crippen LogP contribution in [0, 0.1) is 0 Å². The Morgan fingerprint density at radius 3 is 3.08 bits per heavy atom. The first-order chi connectivity index (χ1) is 6.47. The zero-order valence-corrected chi connectivity index (χ0v) is 7.74. The third kappa shape index (κ3) is 2.18. The van der Waals surface area contributed by atoms with Gasteiger partial charge in [0.05, 0.1) is 0 Å². The van der Waals surface area contributed by atoms with Gasteiger partial charge in [-0.25, -0.2) is 10.4 Å². The largest absolute Gasteiger partial charge is 0.292 e. The average Bonchev–Trinajstić information content (AvgIpc) is 2.47. The van der Waals surface area contributed by atoms with Gasteiger partial charge in [0.1, 0.15) is 5.82 Å². The van der Waals surface area contributed by atoms with Crippen LogP contribution in [-0.2, 0) is 0 Å². The Kier molecular flexibility index (Phi) is 2.77. The molecule has 0 amide bonds. The third-order valence-electron chi connectivity index (χ3n) is 2.29. The minimum absolute atomic E-state index is 1.03. The fourth-order valence-corrected chi connectivity index (χ4v) is 1.57. The maximum atomic E-state index is 4.31. The van der Waals surface area contributed by atoms with Gasteiger partial charge in [0.2, 0.25) is 0 Å². The van der Waals surface area contributed by atoms with Crippen molar-refractivity contribution in [3.05, 3.63) is 24.4 Å². The van der Waals surface area contributed by atoms with E-state index in [-0.39, 0.29) is 0 Å². The van der Waals surface area contributed by atoms with E-state index in [4.69, 9.17) is 0 Å². The summed E-state index contributed by atoms with van der Waals surface area (Å²) in [5.41, 5.74) is 3.37. The summed E-state index contributed by atoms with van der Waals surface area (Å²) in [4.78, 5) is 4.31. The van der Waals surface area contributed by atoms with Crippen LogP contribution in [0.15, 0.2) is 24.4 Å². The lowest BCUT2D eigenvalue weighted by molar-refractivity contribution is 0.652. The van der Waals surface area contributed by atoms with Crippen molar-refractivity contribution in [3.63, 3.8) is 0 Å². The molecule has 1 aromatic heterocycles. The minimum atomic E-state index is 1.03. The molecule has 0 spiro atoms. The Hall–Kier alpha value is -1.09. The molecule has 0 saturated carbocycles. The second kappa shape index (κ2) is 4.23. The normalized spacial score (nSPS) is 18.3. The standard InChI is InChI=1S/C10H15N3/c1-3-8-12-13(9-5-1)10-6-2-4-7-11-10/h2,4,6-7,12H,1,3,5,8-9H2. The van der Waals surface area contributed by atoms with Crippen molar-refractivity contribution >= 4 is 5.82 Å². The number of nitrogens with zero attached hydrogens (tertiary/aromatic N) is 2. The molecular formula is C10H15N3. The van der Waals surface area contributed by atoms with Crippen LogP contribution in [0.2, 0.25) is 0 Å². The molecular weight excluding hydrogens is 162 g/mol. The molecule has 0 aliphatic carbocycles. The number of aromatic nitrogens is 1. The topological polar surface area (TPSA) is 28.2 Å². The Balaban J connectivity index is 2.06. The van der Waals surface area contributed by atoms with Gasteiger partial charge in [0, 0.05) is 19.3 Å². The number of nitrogens with one attached hydrogen (secondary N) is 1. The summed E-state index contributed by atoms with van der Waals surface area (Å²) in [6.45, 7) is 2.13. The minimum Gasteiger partial charge on any atom is -0.292 e. The number of anilines is 1. The zero-order valence-electron chi connectivity index (χ0n) is 7.74. The summed E-state index contributed by atoms with van der Waals surface area (Å²) in [7, 11) is 0. The SMILES string of the molecule is c1ccc(N2CCCCCN2)nc1. The molecule has 3 nitrogen and oxygen atoms in total. The summed E-state index contributed by atoms with van der Waals surface area (Å²) < 4.78 is 0. The predicted octanol–water partition coefficient (Wildman–Crippen LogP) is 1.58. The first kappa shape index (κ1) is 8.51. The smallest absolute Gasteiger partial charge is 0.142 e. The molecule has 13 heavy (non-hydrogen) atoms. The van der Waals surface area contributed by atoms with Crippen molar-refractivity contribution in [2.45, 2.75) is 19.3 Å². The van der Waals surface area contributed by atoms with Gasteiger partial charge < -0.3 is 0 Å². The number of pyridine rings is 1. The molecule has 1 aromatic rings. The maximum absolute atomic E-state index is 4.31. The number of hydrogen-bond donors (Lipinski definition) is 1. The van der Waals surface area contributed by atoms with E-state index in [1.807, 2.05) is 24.4 Å². The van der Waals surface area contributed by atoms with E-state index in [0.29, 0.717) is 0 Å². The zero-order chi connectivity index (χ0) is 8.93. The van der Waals surface area contributed by atoms with E-state index in [1.165, 1.54) is 19.3 Å². The highest BCUT2D eigenvalue weighted by Gasteiger charge is 2.08. The Morgan fingerprint density at radius 1 is 1.23 bits per heavy atom. The summed E-state index contributed by atoms with van der Waals surface area (Å²) >= 11 is 0. The molecule has 1 N–H and O–H groups in total. The molecule has 2 heterocycles. The van der Waals surface area contributed by atoms with E-state index in [0.717, 1.165) is 18.9 Å². The molecule has 1 saturated heterocycles. The number of hydrogen-bond acceptors (Lipinski definition) is 3. The van der Waals surface area contributed by atoms with Gasteiger partial charge in [-0.1, -0.05) is 12.5 Å². The number of hydrazine groups is 1. The third-order valence-corrected chi connectivity index (χ3v) is 2.29. The van der Waals surface area contributed by atoms with Gasteiger partial charge in [-0.2, -0.15) is 0 Å². The predicted molar refractivity (Wildman–Crippen MR) is 53.4 cm³/mol. The van der Waals surface area contributed by atoms with E-state index in [2.05, 4.69) is 15.4 Å². The highest BCUT2D eigenvalue weighted by atomic mass is 15.5. The number of rotatable bonds is 1. The lowest BCUT2D eigenvalue weighted by Gasteiger charge is -2.21. The van der Waals surface area contributed by atoms with Crippen molar-refractivity contribution in [1.82, 2.24) is 10.4 Å². The lowest BCUT2D eigenvalue weighted by Crippen LogP contribution is -2.38. The highest BCUT2D eigenvalue weighted by molar-refractivity contribution is 5.35. The van der Waals surface area contributed by atoms with Gasteiger partial charge in [0.25, 0.3) is 0 Å². The van der Waals surface area contributed by atoms with Crippen LogP contribution in [0.4, 0.5) is 5.82 Å². The van der Waals surface area contributed by atoms with Crippen molar-refractivity contribution in [1.29, 1.82) is 0 Å². The first-order valence-electron chi connectivity index (χ1n) is 4.89. The summed E-state index contributed by atoms with van der Waals surface area (Å²) in [5, 5.41) is 2.15. The van der Waals surface area contributed by atoms with Gasteiger partial charge in [-0.15, -0.1) is 0 Å². The molecule has 0 radical (unpaired) electrons. The molecule has 1 aliphatic heterocycles. The van der Waals surface area contributed by atoms with Crippen LogP contribution >= 0.6 is 0 Å². The quantitative estimate of drug-likeness (QED) is 0.706. The second-order valence-corrected chi connectivity index (χ2v) is 3.31. The molecule has 0 unspecified atom stereocenters. The van der Waals surface area contributed by atoms with Gasteiger partial charge in [0.15, 0.2) is 0 Å². The van der Waals surface area contributed by atoms with Gasteiger partial charge in [-0.3, -0.25) is 5.01 Å². The van der Waals surface area contributed by atoms with Crippen LogP contribution in [0.3, 0.4) is 0 Å². The van der Waals surface area contributed by atoms with E-state index < -0.39 is 0 Å². The molecule has 1 fully saturated rings. The van der Waals surface area contributed by atoms with Crippen LogP contribution < -0.4 is 10.4 Å². The van der Waals surface area contributed by atoms with Crippen LogP contribution in [0.5, 0.6) is 0 Å². The molecule has 0 aromatic carbocycles. The van der Waals surface area contributed by atoms with Crippen LogP contribution in [-0.4, -0.2) is 18.1 Å². The van der Waals surface area contributed by atoms with E-state index in [9.17, 15) is 0 Å². The molecule has 0 atom stereocenters. The molecule has 1 aliphatic rings. The van der Waals surface area contributed by atoms with Crippen LogP contribution in [0.25, 0.3) is 0 Å². The summed E-state index contributed by atoms with van der Waals surface area (Å²) in [6.07, 6.45) is 5.67. The average molecular weight is 177 g/mol. The molecule has 3 heteroatoms. The Morgan fingerprint density at radius 2 is 2.23 bits per heavy atom. The molecule has 70 valence electrons. The van der Waals surface area contributed by atoms with E-state index >= 15 is 0 Å². The first-order valence-corrected chi connectivity index (χ1v) is 4.89. The van der Waals surface area contributed by atoms with Gasteiger partial charge >= 0.3 is 0 Å². The summed E-state index contributed by atoms with van der Waals surface area (Å²) in [6, 6.07) is 6.01. The van der Waals surface area contributed by atoms with Crippen molar-refractivity contribution in [2.75, 3.05) is 18.1 Å². The Labute approximate surface area is 78.7 Å². The van der Waals surface area contributed by atoms with Crippen LogP contribution in [0.1, 0.15) is 19.3 Å². The molecule has 0 bridgehead atoms. The van der Waals surface area contributed by atoms with Crippen molar-refractivity contribution in [2.24, 2.45) is 0 Å². The fourth-order valence-electron chi connectivity index (χ4n) is 1.57. The second-order valence-electron chi connectivity index (χ2n) is 3.31. The lowest BCUT2D eigenvalue weighted by atomic mass is 10.2.